The summed E-state index contributed by atoms with van der Waals surface area (Å²) in [4.78, 5) is 10.8. The summed E-state index contributed by atoms with van der Waals surface area (Å²) in [6, 6.07) is 3.92. The zero-order chi connectivity index (χ0) is 13.9. The summed E-state index contributed by atoms with van der Waals surface area (Å²) in [5.74, 6) is -0.388. The van der Waals surface area contributed by atoms with Crippen molar-refractivity contribution in [3.05, 3.63) is 28.8 Å². The minimum Gasteiger partial charge on any atom is -0.550 e. The number of ether oxygens (including phenoxy) is 1. The van der Waals surface area contributed by atoms with Gasteiger partial charge >= 0.3 is 0 Å². The number of carboxylic acids is 1. The number of rotatable bonds is 4. The first-order valence-corrected chi connectivity index (χ1v) is 6.22. The molecule has 1 aromatic carbocycles. The van der Waals surface area contributed by atoms with Crippen molar-refractivity contribution >= 4 is 5.97 Å². The SMILES string of the molecule is CCOc1c(CC(=O)[O-])cc(C)cc1C(C)(C)C. The Morgan fingerprint density at radius 3 is 2.39 bits per heavy atom. The van der Waals surface area contributed by atoms with E-state index in [1.165, 1.54) is 0 Å². The third kappa shape index (κ3) is 3.49. The van der Waals surface area contributed by atoms with Crippen molar-refractivity contribution in [2.45, 2.75) is 46.5 Å². The molecule has 0 heterocycles. The van der Waals surface area contributed by atoms with Gasteiger partial charge in [-0.15, -0.1) is 0 Å². The molecular weight excluding hydrogens is 228 g/mol. The van der Waals surface area contributed by atoms with Crippen LogP contribution in [0.1, 0.15) is 44.4 Å². The van der Waals surface area contributed by atoms with Crippen molar-refractivity contribution in [2.24, 2.45) is 0 Å². The Hall–Kier alpha value is -1.51. The van der Waals surface area contributed by atoms with Crippen LogP contribution in [0.15, 0.2) is 12.1 Å². The van der Waals surface area contributed by atoms with Crippen LogP contribution in [-0.2, 0) is 16.6 Å². The highest BCUT2D eigenvalue weighted by atomic mass is 16.5. The van der Waals surface area contributed by atoms with Crippen LogP contribution in [-0.4, -0.2) is 12.6 Å². The van der Waals surface area contributed by atoms with E-state index >= 15 is 0 Å². The largest absolute Gasteiger partial charge is 0.550 e. The quantitative estimate of drug-likeness (QED) is 0.820. The molecule has 1 aromatic rings. The third-order valence-electron chi connectivity index (χ3n) is 2.74. The number of hydrogen-bond acceptors (Lipinski definition) is 3. The Kier molecular flexibility index (Phi) is 4.38. The Balaban J connectivity index is 3.40. The second-order valence-electron chi connectivity index (χ2n) is 5.53. The van der Waals surface area contributed by atoms with Gasteiger partial charge in [0.1, 0.15) is 5.75 Å². The first-order chi connectivity index (χ1) is 8.25. The van der Waals surface area contributed by atoms with E-state index in [1.807, 2.05) is 19.9 Å². The lowest BCUT2D eigenvalue weighted by molar-refractivity contribution is -0.304. The maximum Gasteiger partial charge on any atom is 0.126 e. The molecule has 0 aliphatic heterocycles. The summed E-state index contributed by atoms with van der Waals surface area (Å²) >= 11 is 0. The lowest BCUT2D eigenvalue weighted by Crippen LogP contribution is -2.25. The van der Waals surface area contributed by atoms with Crippen LogP contribution < -0.4 is 9.84 Å². The molecule has 1 rings (SSSR count). The number of carbonyl (C=O) groups excluding carboxylic acids is 1. The van der Waals surface area contributed by atoms with Gasteiger partial charge in [0, 0.05) is 23.5 Å². The summed E-state index contributed by atoms with van der Waals surface area (Å²) in [6.07, 6.45) is -0.111. The fourth-order valence-electron chi connectivity index (χ4n) is 2.01. The van der Waals surface area contributed by atoms with E-state index in [0.717, 1.165) is 11.1 Å². The van der Waals surface area contributed by atoms with Gasteiger partial charge in [-0.3, -0.25) is 0 Å². The van der Waals surface area contributed by atoms with Gasteiger partial charge in [-0.05, 0) is 19.3 Å². The molecule has 0 amide bonds. The molecule has 0 bridgehead atoms. The summed E-state index contributed by atoms with van der Waals surface area (Å²) in [5.41, 5.74) is 2.69. The van der Waals surface area contributed by atoms with Gasteiger partial charge in [0.15, 0.2) is 0 Å². The van der Waals surface area contributed by atoms with Crippen molar-refractivity contribution in [2.75, 3.05) is 6.61 Å². The third-order valence-corrected chi connectivity index (χ3v) is 2.74. The van der Waals surface area contributed by atoms with Gasteiger partial charge in [-0.1, -0.05) is 38.5 Å². The lowest BCUT2D eigenvalue weighted by Gasteiger charge is -2.25. The predicted octanol–water partition coefficient (Wildman–Crippen LogP) is 1.98. The molecule has 0 saturated carbocycles. The molecule has 0 N–H and O–H groups in total. The maximum absolute atomic E-state index is 10.8. The number of carboxylic acid groups (broad SMARTS) is 1. The van der Waals surface area contributed by atoms with Gasteiger partial charge in [0.2, 0.25) is 0 Å². The second-order valence-corrected chi connectivity index (χ2v) is 5.53. The fraction of sp³-hybridized carbons (Fsp3) is 0.533. The zero-order valence-electron chi connectivity index (χ0n) is 11.8. The maximum atomic E-state index is 10.8. The number of benzene rings is 1. The predicted molar refractivity (Wildman–Crippen MR) is 69.8 cm³/mol. The monoisotopic (exact) mass is 249 g/mol. The molecule has 0 aliphatic rings. The highest BCUT2D eigenvalue weighted by Gasteiger charge is 2.22. The fourth-order valence-corrected chi connectivity index (χ4v) is 2.01. The van der Waals surface area contributed by atoms with E-state index < -0.39 is 5.97 Å². The van der Waals surface area contributed by atoms with Gasteiger partial charge in [-0.25, -0.2) is 0 Å². The Morgan fingerprint density at radius 1 is 1.33 bits per heavy atom. The van der Waals surface area contributed by atoms with Gasteiger partial charge in [0.05, 0.1) is 6.61 Å². The van der Waals surface area contributed by atoms with Crippen LogP contribution in [0, 0.1) is 6.92 Å². The Bertz CT molecular complexity index is 442. The summed E-state index contributed by atoms with van der Waals surface area (Å²) in [5, 5.41) is 10.8. The number of hydrogen-bond donors (Lipinski definition) is 0. The second kappa shape index (κ2) is 5.42. The lowest BCUT2D eigenvalue weighted by atomic mass is 9.83. The van der Waals surface area contributed by atoms with Crippen molar-refractivity contribution < 1.29 is 14.6 Å². The summed E-state index contributed by atoms with van der Waals surface area (Å²) in [7, 11) is 0. The number of carbonyl (C=O) groups is 1. The molecule has 0 saturated heterocycles. The molecule has 0 aromatic heterocycles. The van der Waals surface area contributed by atoms with E-state index in [9.17, 15) is 9.90 Å². The number of aryl methyl sites for hydroxylation is 1. The average molecular weight is 249 g/mol. The van der Waals surface area contributed by atoms with Gasteiger partial charge in [-0.2, -0.15) is 0 Å². The molecule has 0 atom stereocenters. The molecule has 0 aliphatic carbocycles. The number of aliphatic carboxylic acids is 1. The molecule has 100 valence electrons. The smallest absolute Gasteiger partial charge is 0.126 e. The van der Waals surface area contributed by atoms with Crippen molar-refractivity contribution in [1.82, 2.24) is 0 Å². The molecule has 0 unspecified atom stereocenters. The molecule has 0 fully saturated rings. The summed E-state index contributed by atoms with van der Waals surface area (Å²) in [6.45, 7) is 10.7. The van der Waals surface area contributed by atoms with Gasteiger partial charge < -0.3 is 14.6 Å². The Morgan fingerprint density at radius 2 is 1.94 bits per heavy atom. The van der Waals surface area contributed by atoms with E-state index in [-0.39, 0.29) is 11.8 Å². The van der Waals surface area contributed by atoms with Crippen LogP contribution in [0.25, 0.3) is 0 Å². The Labute approximate surface area is 109 Å². The van der Waals surface area contributed by atoms with Gasteiger partial charge in [0.25, 0.3) is 0 Å². The average Bonchev–Trinajstić information content (AvgIpc) is 2.19. The van der Waals surface area contributed by atoms with E-state index in [2.05, 4.69) is 26.8 Å². The highest BCUT2D eigenvalue weighted by molar-refractivity contribution is 5.70. The molecular formula is C15H21O3-. The van der Waals surface area contributed by atoms with Crippen LogP contribution in [0.3, 0.4) is 0 Å². The minimum atomic E-state index is -1.08. The molecule has 0 radical (unpaired) electrons. The van der Waals surface area contributed by atoms with Crippen molar-refractivity contribution in [3.63, 3.8) is 0 Å². The molecule has 3 nitrogen and oxygen atoms in total. The molecule has 3 heteroatoms. The normalized spacial score (nSPS) is 11.4. The highest BCUT2D eigenvalue weighted by Crippen LogP contribution is 2.35. The first kappa shape index (κ1) is 14.6. The standard InChI is InChI=1S/C15H22O3/c1-6-18-14-11(9-13(16)17)7-10(2)8-12(14)15(3,4)5/h7-8H,6,9H2,1-5H3,(H,16,17)/p-1. The van der Waals surface area contributed by atoms with Crippen LogP contribution >= 0.6 is 0 Å². The van der Waals surface area contributed by atoms with E-state index in [0.29, 0.717) is 17.9 Å². The summed E-state index contributed by atoms with van der Waals surface area (Å²) < 4.78 is 5.66. The zero-order valence-corrected chi connectivity index (χ0v) is 11.8. The topological polar surface area (TPSA) is 49.4 Å². The molecule has 18 heavy (non-hydrogen) atoms. The van der Waals surface area contributed by atoms with Crippen LogP contribution in [0.4, 0.5) is 0 Å². The van der Waals surface area contributed by atoms with E-state index in [1.54, 1.807) is 0 Å². The van der Waals surface area contributed by atoms with Crippen LogP contribution in [0.2, 0.25) is 0 Å². The van der Waals surface area contributed by atoms with Crippen molar-refractivity contribution in [1.29, 1.82) is 0 Å². The first-order valence-electron chi connectivity index (χ1n) is 6.22. The minimum absolute atomic E-state index is 0.0861. The van der Waals surface area contributed by atoms with Crippen LogP contribution in [0.5, 0.6) is 5.75 Å². The van der Waals surface area contributed by atoms with E-state index in [4.69, 9.17) is 4.74 Å². The van der Waals surface area contributed by atoms with Crippen molar-refractivity contribution in [3.8, 4) is 5.75 Å². The molecule has 0 spiro atoms.